The normalized spacial score (nSPS) is 17.4. The Hall–Kier alpha value is -4.15. The molecule has 0 radical (unpaired) electrons. The van der Waals surface area contributed by atoms with Crippen molar-refractivity contribution < 1.29 is 10.2 Å². The van der Waals surface area contributed by atoms with Crippen LogP contribution in [0.2, 0.25) is 0 Å². The predicted octanol–water partition coefficient (Wildman–Crippen LogP) is 2.66. The van der Waals surface area contributed by atoms with Gasteiger partial charge >= 0.3 is 0 Å². The first kappa shape index (κ1) is 24.2. The standard InChI is InChI=1S/C28H31N7O3/c1-17-12-25(31-33(17)3)30-23-13-18(15-32(2)28(23)38)20-7-9-29-26(22(20)16-36)35-11-8-24-21(27(35)37)14-19-6-4-5-10-34(19)24/h7-9,11-15,28,36,38H,4-6,10,16H2,1-3H3,(H,30,31). The average Bonchev–Trinajstić information content (AvgIpc) is 3.45. The van der Waals surface area contributed by atoms with Crippen LogP contribution in [0.5, 0.6) is 0 Å². The molecular formula is C28H31N7O3. The molecule has 3 N–H and O–H groups in total. The Morgan fingerprint density at radius 3 is 2.79 bits per heavy atom. The van der Waals surface area contributed by atoms with Crippen molar-refractivity contribution in [1.29, 1.82) is 0 Å². The summed E-state index contributed by atoms with van der Waals surface area (Å²) in [5.74, 6) is 1.01. The number of nitrogens with zero attached hydrogens (tertiary/aromatic N) is 6. The number of pyridine rings is 2. The van der Waals surface area contributed by atoms with Gasteiger partial charge in [-0.05, 0) is 56.0 Å². The number of aryl methyl sites for hydroxylation is 4. The molecule has 6 rings (SSSR count). The second-order valence-electron chi connectivity index (χ2n) is 10.00. The van der Waals surface area contributed by atoms with E-state index in [0.717, 1.165) is 48.2 Å². The van der Waals surface area contributed by atoms with Gasteiger partial charge in [0, 0.05) is 67.8 Å². The highest BCUT2D eigenvalue weighted by Crippen LogP contribution is 2.31. The highest BCUT2D eigenvalue weighted by atomic mass is 16.3. The predicted molar refractivity (Wildman–Crippen MR) is 146 cm³/mol. The van der Waals surface area contributed by atoms with Crippen molar-refractivity contribution in [3.8, 4) is 5.82 Å². The Bertz CT molecular complexity index is 1650. The van der Waals surface area contributed by atoms with E-state index in [9.17, 15) is 15.0 Å². The lowest BCUT2D eigenvalue weighted by Gasteiger charge is -2.30. The van der Waals surface area contributed by atoms with Crippen LogP contribution in [0, 0.1) is 6.92 Å². The average molecular weight is 514 g/mol. The Morgan fingerprint density at radius 1 is 1.18 bits per heavy atom. The SMILES string of the molecule is Cc1cc(NC2=CC(c3ccnc(-n4ccc5c(cc6n5CCCC6)c4=O)c3CO)=CN(C)C2O)nn1C. The molecule has 0 amide bonds. The summed E-state index contributed by atoms with van der Waals surface area (Å²) < 4.78 is 5.51. The molecule has 0 spiro atoms. The summed E-state index contributed by atoms with van der Waals surface area (Å²) in [7, 11) is 3.63. The number of aromatic nitrogens is 5. The number of rotatable bonds is 5. The van der Waals surface area contributed by atoms with Crippen LogP contribution in [0.1, 0.15) is 35.4 Å². The lowest BCUT2D eigenvalue weighted by Crippen LogP contribution is -2.34. The molecule has 0 aliphatic carbocycles. The van der Waals surface area contributed by atoms with Crippen molar-refractivity contribution in [1.82, 2.24) is 28.8 Å². The van der Waals surface area contributed by atoms with E-state index in [0.29, 0.717) is 28.3 Å². The van der Waals surface area contributed by atoms with E-state index in [2.05, 4.69) is 20.0 Å². The van der Waals surface area contributed by atoms with Crippen LogP contribution >= 0.6 is 0 Å². The smallest absolute Gasteiger partial charge is 0.265 e. The van der Waals surface area contributed by atoms with Crippen LogP contribution in [0.15, 0.2) is 59.4 Å². The minimum atomic E-state index is -0.897. The van der Waals surface area contributed by atoms with Crippen molar-refractivity contribution in [2.45, 2.75) is 45.6 Å². The first-order chi connectivity index (χ1) is 18.4. The van der Waals surface area contributed by atoms with E-state index in [1.54, 1.807) is 29.0 Å². The van der Waals surface area contributed by atoms with Gasteiger partial charge in [-0.3, -0.25) is 14.0 Å². The lowest BCUT2D eigenvalue weighted by atomic mass is 9.98. The first-order valence-corrected chi connectivity index (χ1v) is 12.8. The Balaban J connectivity index is 1.43. The molecule has 4 aromatic rings. The van der Waals surface area contributed by atoms with E-state index < -0.39 is 6.23 Å². The maximum absolute atomic E-state index is 13.6. The van der Waals surface area contributed by atoms with Crippen LogP contribution in [-0.4, -0.2) is 52.3 Å². The largest absolute Gasteiger partial charge is 0.392 e. The van der Waals surface area contributed by atoms with Crippen molar-refractivity contribution >= 4 is 22.3 Å². The molecule has 0 bridgehead atoms. The number of anilines is 1. The van der Waals surface area contributed by atoms with Gasteiger partial charge < -0.3 is 25.0 Å². The number of fused-ring (bicyclic) bond motifs is 3. The molecule has 10 heteroatoms. The zero-order valence-electron chi connectivity index (χ0n) is 21.7. The Labute approximate surface area is 219 Å². The highest BCUT2D eigenvalue weighted by Gasteiger charge is 2.24. The van der Waals surface area contributed by atoms with Crippen LogP contribution in [0.25, 0.3) is 22.3 Å². The zero-order chi connectivity index (χ0) is 26.6. The monoisotopic (exact) mass is 513 g/mol. The van der Waals surface area contributed by atoms with Crippen LogP contribution in [0.4, 0.5) is 5.82 Å². The fourth-order valence-electron chi connectivity index (χ4n) is 5.45. The molecule has 10 nitrogen and oxygen atoms in total. The third-order valence-corrected chi connectivity index (χ3v) is 7.55. The molecule has 2 aliphatic rings. The zero-order valence-corrected chi connectivity index (χ0v) is 21.7. The molecular weight excluding hydrogens is 482 g/mol. The number of hydrogen-bond donors (Lipinski definition) is 3. The van der Waals surface area contributed by atoms with E-state index in [1.807, 2.05) is 50.5 Å². The number of aliphatic hydroxyl groups is 2. The Kier molecular flexibility index (Phi) is 5.93. The summed E-state index contributed by atoms with van der Waals surface area (Å²) in [5, 5.41) is 29.6. The van der Waals surface area contributed by atoms with Gasteiger partial charge in [-0.15, -0.1) is 0 Å². The summed E-state index contributed by atoms with van der Waals surface area (Å²) in [6.45, 7) is 2.57. The van der Waals surface area contributed by atoms with Gasteiger partial charge in [0.25, 0.3) is 5.56 Å². The minimum Gasteiger partial charge on any atom is -0.392 e. The number of aliphatic hydroxyl groups excluding tert-OH is 2. The van der Waals surface area contributed by atoms with Crippen molar-refractivity contribution in [2.24, 2.45) is 7.05 Å². The van der Waals surface area contributed by atoms with Gasteiger partial charge in [0.15, 0.2) is 12.0 Å². The molecule has 0 saturated heterocycles. The van der Waals surface area contributed by atoms with Crippen molar-refractivity contribution in [3.63, 3.8) is 0 Å². The summed E-state index contributed by atoms with van der Waals surface area (Å²) in [6.07, 6.45) is 9.34. The highest BCUT2D eigenvalue weighted by molar-refractivity contribution is 5.82. The second kappa shape index (κ2) is 9.30. The number of nitrogens with one attached hydrogen (secondary N) is 1. The Morgan fingerprint density at radius 2 is 2.03 bits per heavy atom. The van der Waals surface area contributed by atoms with E-state index in [4.69, 9.17) is 0 Å². The summed E-state index contributed by atoms with van der Waals surface area (Å²) in [5.41, 5.74) is 5.50. The molecule has 6 heterocycles. The third-order valence-electron chi connectivity index (χ3n) is 7.55. The van der Waals surface area contributed by atoms with Gasteiger partial charge in [-0.2, -0.15) is 5.10 Å². The summed E-state index contributed by atoms with van der Waals surface area (Å²) in [6, 6.07) is 7.67. The van der Waals surface area contributed by atoms with Crippen LogP contribution in [-0.2, 0) is 26.6 Å². The van der Waals surface area contributed by atoms with Crippen LogP contribution in [0.3, 0.4) is 0 Å². The van der Waals surface area contributed by atoms with Crippen molar-refractivity contribution in [3.05, 3.63) is 87.5 Å². The maximum Gasteiger partial charge on any atom is 0.265 e. The van der Waals surface area contributed by atoms with Crippen molar-refractivity contribution in [2.75, 3.05) is 12.4 Å². The molecule has 1 unspecified atom stereocenters. The maximum atomic E-state index is 13.6. The summed E-state index contributed by atoms with van der Waals surface area (Å²) in [4.78, 5) is 19.8. The first-order valence-electron chi connectivity index (χ1n) is 12.8. The molecule has 0 saturated carbocycles. The summed E-state index contributed by atoms with van der Waals surface area (Å²) >= 11 is 0. The topological polar surface area (TPSA) is 113 Å². The number of hydrogen-bond acceptors (Lipinski definition) is 7. The van der Waals surface area contributed by atoms with Gasteiger partial charge in [0.05, 0.1) is 23.2 Å². The van der Waals surface area contributed by atoms with Gasteiger partial charge in [-0.1, -0.05) is 0 Å². The van der Waals surface area contributed by atoms with Gasteiger partial charge in [-0.25, -0.2) is 4.98 Å². The molecule has 1 atom stereocenters. The molecule has 0 aromatic carbocycles. The van der Waals surface area contributed by atoms with E-state index in [-0.39, 0.29) is 12.2 Å². The van der Waals surface area contributed by atoms with Gasteiger partial charge in [0.2, 0.25) is 0 Å². The molecule has 2 aliphatic heterocycles. The van der Waals surface area contributed by atoms with Gasteiger partial charge in [0.1, 0.15) is 5.82 Å². The third kappa shape index (κ3) is 3.93. The number of allylic oxidation sites excluding steroid dienone is 2. The molecule has 196 valence electrons. The molecule has 0 fully saturated rings. The number of likely N-dealkylation sites (N-methyl/N-ethyl adjacent to an activating group) is 1. The quantitative estimate of drug-likeness (QED) is 0.376. The second-order valence-corrected chi connectivity index (χ2v) is 10.00. The molecule has 4 aromatic heterocycles. The van der Waals surface area contributed by atoms with E-state index in [1.165, 1.54) is 10.3 Å². The minimum absolute atomic E-state index is 0.155. The lowest BCUT2D eigenvalue weighted by molar-refractivity contribution is 0.0878. The molecule has 38 heavy (non-hydrogen) atoms. The van der Waals surface area contributed by atoms with Crippen LogP contribution < -0.4 is 10.9 Å². The van der Waals surface area contributed by atoms with E-state index >= 15 is 0 Å². The fraction of sp³-hybridized carbons (Fsp3) is 0.321. The fourth-order valence-corrected chi connectivity index (χ4v) is 5.45.